The molecule has 0 bridgehead atoms. The quantitative estimate of drug-likeness (QED) is 0.149. The van der Waals surface area contributed by atoms with Crippen molar-refractivity contribution in [3.8, 4) is 50.7 Å². The van der Waals surface area contributed by atoms with Gasteiger partial charge in [-0.2, -0.15) is 0 Å². The number of fused-ring (bicyclic) bond motifs is 3. The van der Waals surface area contributed by atoms with E-state index in [2.05, 4.69) is 112 Å². The lowest BCUT2D eigenvalue weighted by Crippen LogP contribution is -2.12. The van der Waals surface area contributed by atoms with Gasteiger partial charge in [0.05, 0.1) is 41.8 Å². The average molecular weight is 883 g/mol. The molecule has 0 unspecified atom stereocenters. The van der Waals surface area contributed by atoms with E-state index in [-0.39, 0.29) is 38.8 Å². The Hall–Kier alpha value is -7.89. The van der Waals surface area contributed by atoms with Gasteiger partial charge in [0.1, 0.15) is 17.3 Å². The summed E-state index contributed by atoms with van der Waals surface area (Å²) in [5.74, 6) is 1.97. The van der Waals surface area contributed by atoms with E-state index in [1.54, 1.807) is 18.2 Å². The van der Waals surface area contributed by atoms with Crippen LogP contribution in [0.25, 0.3) is 61.0 Å². The summed E-state index contributed by atoms with van der Waals surface area (Å²) in [7, 11) is 1.88. The highest BCUT2D eigenvalue weighted by Crippen LogP contribution is 2.43. The van der Waals surface area contributed by atoms with Gasteiger partial charge in [0.15, 0.2) is 0 Å². The number of nitrogens with zero attached hydrogens (tertiary/aromatic N) is 3. The molecular formula is C62H56N4O. The second kappa shape index (κ2) is 17.5. The average Bonchev–Trinajstić information content (AvgIpc) is 3.89. The lowest BCUT2D eigenvalue weighted by Gasteiger charge is -2.25. The van der Waals surface area contributed by atoms with Crippen LogP contribution in [0.4, 0.5) is 22.7 Å². The second-order valence-electron chi connectivity index (χ2n) is 18.8. The molecule has 5 nitrogen and oxygen atoms in total. The van der Waals surface area contributed by atoms with Gasteiger partial charge in [-0.05, 0) is 105 Å². The molecule has 0 saturated carbocycles. The summed E-state index contributed by atoms with van der Waals surface area (Å²) in [5.41, 5.74) is 8.69. The maximum atomic E-state index is 8.95. The highest BCUT2D eigenvalue weighted by molar-refractivity contribution is 6.10. The van der Waals surface area contributed by atoms with E-state index in [1.165, 1.54) is 5.56 Å². The SMILES string of the molecule is [2H]c1c([2H])c([2H])c(-c2cccc(-c3c([2H])c([2H])c([2H])c([2H])c3[2H])c2Nc2ccccc2N(C)c2cccc(Oc3ccc4c5cc(-c6ccc(C(C)(C)C)cc6)ccc5n(-c5cc(C(C)(C)C)ccn5)c4c3)c2)c([2H])c1[2H]. The fourth-order valence-corrected chi connectivity index (χ4v) is 8.57. The van der Waals surface area contributed by atoms with Crippen LogP contribution in [0.5, 0.6) is 11.5 Å². The topological polar surface area (TPSA) is 42.3 Å². The van der Waals surface area contributed by atoms with Crippen LogP contribution in [-0.4, -0.2) is 16.6 Å². The number of benzene rings is 8. The number of anilines is 4. The molecule has 2 aromatic heterocycles. The molecule has 0 radical (unpaired) electrons. The molecule has 0 saturated heterocycles. The van der Waals surface area contributed by atoms with Crippen LogP contribution in [0, 0.1) is 0 Å². The molecule has 0 atom stereocenters. The molecule has 0 aliphatic rings. The van der Waals surface area contributed by atoms with Crippen LogP contribution in [0.3, 0.4) is 0 Å². The van der Waals surface area contributed by atoms with Gasteiger partial charge >= 0.3 is 0 Å². The molecular weight excluding hydrogens is 817 g/mol. The summed E-state index contributed by atoms with van der Waals surface area (Å²) in [6, 6.07) is 40.4. The van der Waals surface area contributed by atoms with Gasteiger partial charge in [0.2, 0.25) is 0 Å². The lowest BCUT2D eigenvalue weighted by atomic mass is 9.86. The summed E-state index contributed by atoms with van der Waals surface area (Å²) in [4.78, 5) is 6.87. The summed E-state index contributed by atoms with van der Waals surface area (Å²) >= 11 is 0. The minimum Gasteiger partial charge on any atom is -0.457 e. The van der Waals surface area contributed by atoms with Crippen molar-refractivity contribution in [1.82, 2.24) is 9.55 Å². The van der Waals surface area contributed by atoms with Gasteiger partial charge in [-0.25, -0.2) is 4.98 Å². The second-order valence-corrected chi connectivity index (χ2v) is 18.8. The van der Waals surface area contributed by atoms with E-state index in [9.17, 15) is 0 Å². The molecule has 1 N–H and O–H groups in total. The van der Waals surface area contributed by atoms with Crippen molar-refractivity contribution in [2.75, 3.05) is 17.3 Å². The minimum absolute atomic E-state index is 0.0406. The van der Waals surface area contributed by atoms with Gasteiger partial charge in [-0.1, -0.05) is 169 Å². The highest BCUT2D eigenvalue weighted by Gasteiger charge is 2.21. The number of hydrogen-bond donors (Lipinski definition) is 1. The summed E-state index contributed by atoms with van der Waals surface area (Å²) < 4.78 is 95.4. The van der Waals surface area contributed by atoms with Gasteiger partial charge in [0.25, 0.3) is 0 Å². The molecule has 10 aromatic rings. The lowest BCUT2D eigenvalue weighted by molar-refractivity contribution is 0.483. The first-order chi connectivity index (χ1) is 36.5. The predicted octanol–water partition coefficient (Wildman–Crippen LogP) is 17.1. The van der Waals surface area contributed by atoms with Crippen LogP contribution >= 0.6 is 0 Å². The van der Waals surface area contributed by atoms with Crippen molar-refractivity contribution in [3.63, 3.8) is 0 Å². The zero-order chi connectivity index (χ0) is 55.0. The Balaban J connectivity index is 1.04. The van der Waals surface area contributed by atoms with E-state index in [0.717, 1.165) is 50.0 Å². The third-order valence-electron chi connectivity index (χ3n) is 12.2. The van der Waals surface area contributed by atoms with E-state index >= 15 is 0 Å². The molecule has 2 heterocycles. The first-order valence-electron chi connectivity index (χ1n) is 27.3. The largest absolute Gasteiger partial charge is 0.457 e. The van der Waals surface area contributed by atoms with Gasteiger partial charge in [-0.15, -0.1) is 0 Å². The summed E-state index contributed by atoms with van der Waals surface area (Å²) in [6.07, 6.45) is 1.87. The van der Waals surface area contributed by atoms with Crippen molar-refractivity contribution in [2.24, 2.45) is 0 Å². The minimum atomic E-state index is -0.562. The zero-order valence-electron chi connectivity index (χ0n) is 48.6. The van der Waals surface area contributed by atoms with E-state index in [1.807, 2.05) is 78.8 Å². The van der Waals surface area contributed by atoms with Crippen LogP contribution in [0.1, 0.15) is 66.4 Å². The van der Waals surface area contributed by atoms with E-state index in [0.29, 0.717) is 22.9 Å². The van der Waals surface area contributed by atoms with Gasteiger partial charge < -0.3 is 15.0 Å². The standard InChI is InChI=1S/C62H56N4O/c1-61(2,3)46-31-28-42(29-32-46)45-30-35-56-54(38-45)53-34-33-50(41-58(53)66(56)59-39-47(36-37-63-59)62(4,5)6)67-49-23-16-22-48(40-49)65(7)57-27-15-14-26-55(57)64-60-51(43-18-10-8-11-19-43)24-17-25-52(60)44-20-12-9-13-21-44/h8-41,64H,1-7H3/i8D,9D,10D,11D,12D,13D,18D,19D,20D,21D. The Morgan fingerprint density at radius 1 is 0.537 bits per heavy atom. The molecule has 0 spiro atoms. The number of nitrogens with one attached hydrogen (secondary N) is 1. The fourth-order valence-electron chi connectivity index (χ4n) is 8.57. The summed E-state index contributed by atoms with van der Waals surface area (Å²) in [6.45, 7) is 13.2. The fraction of sp³-hybridized carbons (Fsp3) is 0.145. The third kappa shape index (κ3) is 8.69. The summed E-state index contributed by atoms with van der Waals surface area (Å²) in [5, 5.41) is 5.58. The van der Waals surface area contributed by atoms with Crippen molar-refractivity contribution in [2.45, 2.75) is 52.4 Å². The number of ether oxygens (including phenoxy) is 1. The molecule has 8 aromatic carbocycles. The molecule has 5 heteroatoms. The van der Waals surface area contributed by atoms with Gasteiger partial charge in [0, 0.05) is 53.0 Å². The smallest absolute Gasteiger partial charge is 0.137 e. The molecule has 67 heavy (non-hydrogen) atoms. The van der Waals surface area contributed by atoms with Crippen molar-refractivity contribution >= 4 is 44.6 Å². The van der Waals surface area contributed by atoms with Crippen LogP contribution in [-0.2, 0) is 10.8 Å². The molecule has 10 rings (SSSR count). The maximum Gasteiger partial charge on any atom is 0.137 e. The Bertz CT molecular complexity index is 3840. The van der Waals surface area contributed by atoms with Gasteiger partial charge in [-0.3, -0.25) is 4.57 Å². The van der Waals surface area contributed by atoms with Crippen molar-refractivity contribution in [3.05, 3.63) is 217 Å². The Kier molecular flexibility index (Phi) is 8.54. The molecule has 0 amide bonds. The number of hydrogen-bond acceptors (Lipinski definition) is 4. The highest BCUT2D eigenvalue weighted by atomic mass is 16.5. The number of para-hydroxylation sites is 3. The molecule has 330 valence electrons. The Morgan fingerprint density at radius 2 is 1.18 bits per heavy atom. The molecule has 0 aliphatic heterocycles. The first kappa shape index (κ1) is 32.7. The molecule has 0 fully saturated rings. The third-order valence-corrected chi connectivity index (χ3v) is 12.2. The Morgan fingerprint density at radius 3 is 1.87 bits per heavy atom. The number of aromatic nitrogens is 2. The number of pyridine rings is 1. The van der Waals surface area contributed by atoms with E-state index < -0.39 is 60.4 Å². The number of rotatable bonds is 10. The normalized spacial score (nSPS) is 13.9. The zero-order valence-corrected chi connectivity index (χ0v) is 38.6. The van der Waals surface area contributed by atoms with Crippen LogP contribution in [0.2, 0.25) is 0 Å². The van der Waals surface area contributed by atoms with Crippen LogP contribution in [0.15, 0.2) is 206 Å². The van der Waals surface area contributed by atoms with Crippen LogP contribution < -0.4 is 15.0 Å². The maximum absolute atomic E-state index is 8.95. The van der Waals surface area contributed by atoms with E-state index in [4.69, 9.17) is 23.4 Å². The molecule has 0 aliphatic carbocycles. The van der Waals surface area contributed by atoms with Crippen molar-refractivity contribution < 1.29 is 18.4 Å². The first-order valence-corrected chi connectivity index (χ1v) is 22.3. The van der Waals surface area contributed by atoms with Crippen molar-refractivity contribution in [1.29, 1.82) is 0 Å². The monoisotopic (exact) mass is 883 g/mol. The predicted molar refractivity (Wildman–Crippen MR) is 283 cm³/mol. The Labute approximate surface area is 409 Å².